The highest BCUT2D eigenvalue weighted by Gasteiger charge is 2.42. The van der Waals surface area contributed by atoms with Crippen LogP contribution in [0.4, 0.5) is 5.82 Å². The van der Waals surface area contributed by atoms with Gasteiger partial charge < -0.3 is 10.1 Å². The van der Waals surface area contributed by atoms with Crippen molar-refractivity contribution in [3.63, 3.8) is 0 Å². The third-order valence-corrected chi connectivity index (χ3v) is 3.61. The van der Waals surface area contributed by atoms with Crippen molar-refractivity contribution in [3.8, 4) is 0 Å². The second kappa shape index (κ2) is 4.45. The Labute approximate surface area is 97.0 Å². The Morgan fingerprint density at radius 2 is 2.38 bits per heavy atom. The summed E-state index contributed by atoms with van der Waals surface area (Å²) < 4.78 is 6.93. The van der Waals surface area contributed by atoms with Crippen LogP contribution in [0.15, 0.2) is 12.3 Å². The molecule has 0 radical (unpaired) electrons. The molecule has 0 aromatic carbocycles. The highest BCUT2D eigenvalue weighted by Crippen LogP contribution is 2.48. The largest absolute Gasteiger partial charge is 0.383 e. The second-order valence-electron chi connectivity index (χ2n) is 4.98. The summed E-state index contributed by atoms with van der Waals surface area (Å²) in [4.78, 5) is 0. The van der Waals surface area contributed by atoms with Crippen molar-refractivity contribution >= 4 is 5.82 Å². The summed E-state index contributed by atoms with van der Waals surface area (Å²) in [5.41, 5.74) is 0.482. The van der Waals surface area contributed by atoms with Crippen LogP contribution in [-0.2, 0) is 11.3 Å². The zero-order chi connectivity index (χ0) is 11.6. The van der Waals surface area contributed by atoms with Crippen molar-refractivity contribution in [2.24, 2.45) is 5.41 Å². The molecule has 1 aromatic heterocycles. The maximum atomic E-state index is 5.02. The summed E-state index contributed by atoms with van der Waals surface area (Å²) >= 11 is 0. The lowest BCUT2D eigenvalue weighted by Crippen LogP contribution is -2.25. The molecule has 1 unspecified atom stereocenters. The lowest BCUT2D eigenvalue weighted by Gasteiger charge is -2.19. The third-order valence-electron chi connectivity index (χ3n) is 3.61. The van der Waals surface area contributed by atoms with E-state index >= 15 is 0 Å². The van der Waals surface area contributed by atoms with Crippen molar-refractivity contribution < 1.29 is 4.74 Å². The summed E-state index contributed by atoms with van der Waals surface area (Å²) in [5.74, 6) is 0.969. The summed E-state index contributed by atoms with van der Waals surface area (Å²) in [6.07, 6.45) is 4.64. The number of rotatable bonds is 6. The Hall–Kier alpha value is -1.03. The molecular formula is C12H21N3O. The van der Waals surface area contributed by atoms with Gasteiger partial charge in [0.05, 0.1) is 13.2 Å². The molecule has 1 atom stereocenters. The van der Waals surface area contributed by atoms with Gasteiger partial charge in [-0.15, -0.1) is 0 Å². The van der Waals surface area contributed by atoms with Crippen LogP contribution in [0, 0.1) is 5.41 Å². The van der Waals surface area contributed by atoms with Gasteiger partial charge in [0.25, 0.3) is 0 Å². The predicted octanol–water partition coefficient (Wildman–Crippen LogP) is 2.13. The number of anilines is 1. The molecule has 4 heteroatoms. The summed E-state index contributed by atoms with van der Waals surface area (Å²) in [5, 5.41) is 7.92. The number of ether oxygens (including phenoxy) is 1. The topological polar surface area (TPSA) is 39.1 Å². The van der Waals surface area contributed by atoms with E-state index < -0.39 is 0 Å². The fourth-order valence-corrected chi connectivity index (χ4v) is 1.77. The van der Waals surface area contributed by atoms with Crippen LogP contribution < -0.4 is 5.32 Å². The minimum absolute atomic E-state index is 0.482. The zero-order valence-corrected chi connectivity index (χ0v) is 10.4. The van der Waals surface area contributed by atoms with Crippen LogP contribution in [-0.4, -0.2) is 29.5 Å². The number of methoxy groups -OCH3 is 1. The number of hydrogen-bond donors (Lipinski definition) is 1. The van der Waals surface area contributed by atoms with Gasteiger partial charge in [0.2, 0.25) is 0 Å². The van der Waals surface area contributed by atoms with E-state index in [4.69, 9.17) is 4.74 Å². The second-order valence-corrected chi connectivity index (χ2v) is 4.98. The SMILES string of the molecule is COCCn1ccc(NC(C)C2(C)CC2)n1. The molecule has 16 heavy (non-hydrogen) atoms. The van der Waals surface area contributed by atoms with Gasteiger partial charge >= 0.3 is 0 Å². The van der Waals surface area contributed by atoms with Crippen molar-refractivity contribution in [2.45, 2.75) is 39.3 Å². The van der Waals surface area contributed by atoms with Gasteiger partial charge in [0.15, 0.2) is 0 Å². The van der Waals surface area contributed by atoms with Gasteiger partial charge in [-0.2, -0.15) is 5.10 Å². The predicted molar refractivity (Wildman–Crippen MR) is 64.5 cm³/mol. The lowest BCUT2D eigenvalue weighted by molar-refractivity contribution is 0.183. The average Bonchev–Trinajstić information content (AvgIpc) is 2.87. The quantitative estimate of drug-likeness (QED) is 0.803. The molecule has 0 bridgehead atoms. The van der Waals surface area contributed by atoms with Crippen molar-refractivity contribution in [2.75, 3.05) is 19.0 Å². The molecule has 0 amide bonds. The smallest absolute Gasteiger partial charge is 0.148 e. The maximum Gasteiger partial charge on any atom is 0.148 e. The van der Waals surface area contributed by atoms with Gasteiger partial charge in [-0.3, -0.25) is 4.68 Å². The molecule has 1 heterocycles. The fourth-order valence-electron chi connectivity index (χ4n) is 1.77. The summed E-state index contributed by atoms with van der Waals surface area (Å²) in [7, 11) is 1.71. The number of nitrogens with one attached hydrogen (secondary N) is 1. The molecule has 0 spiro atoms. The molecule has 1 aromatic rings. The van der Waals surface area contributed by atoms with Gasteiger partial charge in [0, 0.05) is 25.4 Å². The number of nitrogens with zero attached hydrogens (tertiary/aromatic N) is 2. The number of hydrogen-bond acceptors (Lipinski definition) is 3. The van der Waals surface area contributed by atoms with Gasteiger partial charge in [-0.05, 0) is 25.2 Å². The molecule has 4 nitrogen and oxygen atoms in total. The molecule has 90 valence electrons. The standard InChI is InChI=1S/C12H21N3O/c1-10(12(2)5-6-12)13-11-4-7-15(14-11)8-9-16-3/h4,7,10H,5-6,8-9H2,1-3H3,(H,13,14). The molecule has 1 N–H and O–H groups in total. The molecule has 1 fully saturated rings. The van der Waals surface area contributed by atoms with E-state index in [1.54, 1.807) is 7.11 Å². The van der Waals surface area contributed by atoms with Gasteiger partial charge in [-0.1, -0.05) is 6.92 Å². The van der Waals surface area contributed by atoms with E-state index in [9.17, 15) is 0 Å². The molecule has 1 aliphatic carbocycles. The molecule has 0 aliphatic heterocycles. The minimum Gasteiger partial charge on any atom is -0.383 e. The van der Waals surface area contributed by atoms with Gasteiger partial charge in [-0.25, -0.2) is 0 Å². The third kappa shape index (κ3) is 2.55. The molecule has 2 rings (SSSR count). The Kier molecular flexibility index (Phi) is 3.19. The Bertz CT molecular complexity index is 344. The van der Waals surface area contributed by atoms with Crippen molar-refractivity contribution in [3.05, 3.63) is 12.3 Å². The molecular weight excluding hydrogens is 202 g/mol. The van der Waals surface area contributed by atoms with Crippen LogP contribution in [0.3, 0.4) is 0 Å². The highest BCUT2D eigenvalue weighted by molar-refractivity contribution is 5.34. The van der Waals surface area contributed by atoms with E-state index in [-0.39, 0.29) is 0 Å². The molecule has 1 saturated carbocycles. The van der Waals surface area contributed by atoms with Crippen molar-refractivity contribution in [1.29, 1.82) is 0 Å². The zero-order valence-electron chi connectivity index (χ0n) is 10.4. The first kappa shape index (κ1) is 11.5. The van der Waals surface area contributed by atoms with E-state index in [0.29, 0.717) is 18.1 Å². The van der Waals surface area contributed by atoms with Crippen LogP contribution in [0.25, 0.3) is 0 Å². The Balaban J connectivity index is 1.87. The first-order chi connectivity index (χ1) is 7.64. The Morgan fingerprint density at radius 1 is 1.62 bits per heavy atom. The van der Waals surface area contributed by atoms with Gasteiger partial charge in [0.1, 0.15) is 5.82 Å². The van der Waals surface area contributed by atoms with Crippen LogP contribution in [0.2, 0.25) is 0 Å². The normalized spacial score (nSPS) is 19.4. The monoisotopic (exact) mass is 223 g/mol. The van der Waals surface area contributed by atoms with Crippen LogP contribution >= 0.6 is 0 Å². The number of aromatic nitrogens is 2. The minimum atomic E-state index is 0.482. The maximum absolute atomic E-state index is 5.02. The fraction of sp³-hybridized carbons (Fsp3) is 0.750. The van der Waals surface area contributed by atoms with E-state index in [1.807, 2.05) is 16.9 Å². The first-order valence-electron chi connectivity index (χ1n) is 5.93. The van der Waals surface area contributed by atoms with E-state index in [0.717, 1.165) is 12.4 Å². The first-order valence-corrected chi connectivity index (χ1v) is 5.93. The van der Waals surface area contributed by atoms with E-state index in [2.05, 4.69) is 24.3 Å². The average molecular weight is 223 g/mol. The molecule has 1 aliphatic rings. The summed E-state index contributed by atoms with van der Waals surface area (Å²) in [6.45, 7) is 6.08. The Morgan fingerprint density at radius 3 is 3.00 bits per heavy atom. The lowest BCUT2D eigenvalue weighted by atomic mass is 10.0. The van der Waals surface area contributed by atoms with E-state index in [1.165, 1.54) is 12.8 Å². The van der Waals surface area contributed by atoms with Crippen molar-refractivity contribution in [1.82, 2.24) is 9.78 Å². The highest BCUT2D eigenvalue weighted by atomic mass is 16.5. The molecule has 0 saturated heterocycles. The summed E-state index contributed by atoms with van der Waals surface area (Å²) in [6, 6.07) is 2.52. The van der Waals surface area contributed by atoms with Crippen LogP contribution in [0.5, 0.6) is 0 Å². The van der Waals surface area contributed by atoms with Crippen LogP contribution in [0.1, 0.15) is 26.7 Å².